The van der Waals surface area contributed by atoms with E-state index in [1.165, 1.54) is 0 Å². The Morgan fingerprint density at radius 3 is 2.76 bits per heavy atom. The van der Waals surface area contributed by atoms with Gasteiger partial charge < -0.3 is 10.0 Å². The Bertz CT molecular complexity index is 672. The van der Waals surface area contributed by atoms with Gasteiger partial charge in [0, 0.05) is 37.1 Å². The molecular formula is C17H16N2O2. The second-order valence-corrected chi connectivity index (χ2v) is 4.56. The third-order valence-electron chi connectivity index (χ3n) is 2.94. The van der Waals surface area contributed by atoms with Crippen LogP contribution in [0.2, 0.25) is 0 Å². The Morgan fingerprint density at radius 1 is 1.29 bits per heavy atom. The summed E-state index contributed by atoms with van der Waals surface area (Å²) in [6.45, 7) is 0.327. The van der Waals surface area contributed by atoms with Crippen LogP contribution in [0.1, 0.15) is 21.5 Å². The highest BCUT2D eigenvalue weighted by atomic mass is 16.2. The van der Waals surface area contributed by atoms with Crippen LogP contribution >= 0.6 is 0 Å². The smallest absolute Gasteiger partial charge is 0.253 e. The van der Waals surface area contributed by atoms with Gasteiger partial charge in [0.05, 0.1) is 0 Å². The molecule has 0 atom stereocenters. The summed E-state index contributed by atoms with van der Waals surface area (Å²) >= 11 is 0. The molecule has 1 aromatic heterocycles. The molecule has 0 radical (unpaired) electrons. The molecule has 0 bridgehead atoms. The van der Waals surface area contributed by atoms with Gasteiger partial charge >= 0.3 is 0 Å². The number of nitrogens with zero attached hydrogens (tertiary/aromatic N) is 2. The summed E-state index contributed by atoms with van der Waals surface area (Å²) in [6, 6.07) is 10.8. The van der Waals surface area contributed by atoms with Crippen LogP contribution in [0.4, 0.5) is 0 Å². The van der Waals surface area contributed by atoms with Crippen LogP contribution in [0, 0.1) is 11.8 Å². The first-order chi connectivity index (χ1) is 10.2. The number of aliphatic hydroxyl groups is 1. The molecule has 0 aliphatic heterocycles. The van der Waals surface area contributed by atoms with E-state index in [0.29, 0.717) is 17.7 Å². The highest BCUT2D eigenvalue weighted by Crippen LogP contribution is 2.09. The summed E-state index contributed by atoms with van der Waals surface area (Å²) in [5, 5.41) is 8.70. The minimum absolute atomic E-state index is 0.0699. The first-order valence-corrected chi connectivity index (χ1v) is 6.55. The zero-order valence-corrected chi connectivity index (χ0v) is 11.8. The maximum atomic E-state index is 12.4. The lowest BCUT2D eigenvalue weighted by molar-refractivity contribution is 0.0785. The van der Waals surface area contributed by atoms with E-state index in [-0.39, 0.29) is 12.5 Å². The van der Waals surface area contributed by atoms with Gasteiger partial charge in [0.15, 0.2) is 0 Å². The van der Waals surface area contributed by atoms with Gasteiger partial charge in [-0.05, 0) is 35.9 Å². The van der Waals surface area contributed by atoms with Crippen molar-refractivity contribution < 1.29 is 9.90 Å². The van der Waals surface area contributed by atoms with Crippen molar-refractivity contribution in [2.75, 3.05) is 13.7 Å². The van der Waals surface area contributed by atoms with Gasteiger partial charge in [0.2, 0.25) is 0 Å². The van der Waals surface area contributed by atoms with Crippen molar-refractivity contribution in [3.8, 4) is 11.8 Å². The Morgan fingerprint density at radius 2 is 2.05 bits per heavy atom. The van der Waals surface area contributed by atoms with Crippen molar-refractivity contribution in [2.24, 2.45) is 0 Å². The van der Waals surface area contributed by atoms with E-state index in [2.05, 4.69) is 16.8 Å². The molecule has 0 unspecified atom stereocenters. The highest BCUT2D eigenvalue weighted by Gasteiger charge is 2.12. The number of hydrogen-bond acceptors (Lipinski definition) is 3. The van der Waals surface area contributed by atoms with E-state index in [1.54, 1.807) is 42.5 Å². The number of hydrogen-bond donors (Lipinski definition) is 1. The minimum Gasteiger partial charge on any atom is -0.384 e. The number of rotatable bonds is 3. The number of carbonyl (C=O) groups excluding carboxylic acids is 1. The molecule has 0 aliphatic carbocycles. The third kappa shape index (κ3) is 4.16. The summed E-state index contributed by atoms with van der Waals surface area (Å²) in [6.07, 6.45) is 3.41. The maximum absolute atomic E-state index is 12.4. The quantitative estimate of drug-likeness (QED) is 0.871. The molecule has 4 heteroatoms. The van der Waals surface area contributed by atoms with Crippen LogP contribution in [0.3, 0.4) is 0 Å². The van der Waals surface area contributed by atoms with Crippen molar-refractivity contribution in [2.45, 2.75) is 6.54 Å². The number of amides is 1. The van der Waals surface area contributed by atoms with E-state index in [0.717, 1.165) is 5.56 Å². The molecule has 21 heavy (non-hydrogen) atoms. The van der Waals surface area contributed by atoms with Gasteiger partial charge in [-0.15, -0.1) is 0 Å². The summed E-state index contributed by atoms with van der Waals surface area (Å²) in [5.74, 6) is 5.30. The lowest BCUT2D eigenvalue weighted by Crippen LogP contribution is -2.26. The molecule has 0 aliphatic rings. The van der Waals surface area contributed by atoms with Crippen molar-refractivity contribution >= 4 is 5.91 Å². The summed E-state index contributed by atoms with van der Waals surface area (Å²) in [4.78, 5) is 18.0. The monoisotopic (exact) mass is 280 g/mol. The third-order valence-corrected chi connectivity index (χ3v) is 2.94. The Hall–Kier alpha value is -2.64. The number of aliphatic hydroxyl groups excluding tert-OH is 1. The molecule has 1 N–H and O–H groups in total. The number of carbonyl (C=O) groups is 1. The van der Waals surface area contributed by atoms with Gasteiger partial charge in [-0.2, -0.15) is 0 Å². The van der Waals surface area contributed by atoms with Crippen molar-refractivity contribution in [3.05, 3.63) is 65.5 Å². The highest BCUT2D eigenvalue weighted by molar-refractivity contribution is 5.94. The maximum Gasteiger partial charge on any atom is 0.253 e. The van der Waals surface area contributed by atoms with Crippen LogP contribution in [0.25, 0.3) is 0 Å². The molecule has 1 aromatic carbocycles. The number of benzene rings is 1. The van der Waals surface area contributed by atoms with Crippen molar-refractivity contribution in [3.63, 3.8) is 0 Å². The first kappa shape index (κ1) is 14.8. The average Bonchev–Trinajstić information content (AvgIpc) is 2.53. The molecule has 1 amide bonds. The minimum atomic E-state index is -0.194. The van der Waals surface area contributed by atoms with Gasteiger partial charge in [-0.25, -0.2) is 0 Å². The summed E-state index contributed by atoms with van der Waals surface area (Å²) < 4.78 is 0. The molecule has 0 spiro atoms. The average molecular weight is 280 g/mol. The van der Waals surface area contributed by atoms with E-state index < -0.39 is 0 Å². The lowest BCUT2D eigenvalue weighted by Gasteiger charge is -2.17. The summed E-state index contributed by atoms with van der Waals surface area (Å²) in [7, 11) is 1.76. The van der Waals surface area contributed by atoms with Crippen molar-refractivity contribution in [1.29, 1.82) is 0 Å². The van der Waals surface area contributed by atoms with Gasteiger partial charge in [0.25, 0.3) is 5.91 Å². The van der Waals surface area contributed by atoms with E-state index in [9.17, 15) is 4.79 Å². The molecule has 1 heterocycles. The van der Waals surface area contributed by atoms with Crippen molar-refractivity contribution in [1.82, 2.24) is 9.88 Å². The zero-order valence-electron chi connectivity index (χ0n) is 11.8. The van der Waals surface area contributed by atoms with E-state index in [4.69, 9.17) is 5.11 Å². The van der Waals surface area contributed by atoms with E-state index in [1.807, 2.05) is 18.2 Å². The Labute approximate surface area is 124 Å². The second-order valence-electron chi connectivity index (χ2n) is 4.56. The molecule has 106 valence electrons. The zero-order chi connectivity index (χ0) is 15.1. The fourth-order valence-corrected chi connectivity index (χ4v) is 1.93. The Kier molecular flexibility index (Phi) is 5.08. The van der Waals surface area contributed by atoms with Crippen LogP contribution in [0.15, 0.2) is 48.8 Å². The van der Waals surface area contributed by atoms with Gasteiger partial charge in [-0.1, -0.05) is 17.9 Å². The molecular weight excluding hydrogens is 264 g/mol. The topological polar surface area (TPSA) is 53.4 Å². The fourth-order valence-electron chi connectivity index (χ4n) is 1.93. The van der Waals surface area contributed by atoms with Crippen LogP contribution in [-0.4, -0.2) is 34.6 Å². The van der Waals surface area contributed by atoms with E-state index >= 15 is 0 Å². The standard InChI is InChI=1S/C17H16N2O2/c1-19(13-15-7-9-18-10-8-15)17(21)16-6-2-4-14(12-16)5-3-11-20/h2,4,6-10,12,20H,11,13H2,1H3. The predicted molar refractivity (Wildman–Crippen MR) is 80.4 cm³/mol. The SMILES string of the molecule is CN(Cc1ccncc1)C(=O)c1cccc(C#CCO)c1. The van der Waals surface area contributed by atoms with Gasteiger partial charge in [0.1, 0.15) is 6.61 Å². The van der Waals surface area contributed by atoms with Crippen LogP contribution in [0.5, 0.6) is 0 Å². The summed E-state index contributed by atoms with van der Waals surface area (Å²) in [5.41, 5.74) is 2.32. The normalized spacial score (nSPS) is 9.62. The molecule has 4 nitrogen and oxygen atoms in total. The number of aromatic nitrogens is 1. The largest absolute Gasteiger partial charge is 0.384 e. The van der Waals surface area contributed by atoms with Gasteiger partial charge in [-0.3, -0.25) is 9.78 Å². The molecule has 0 saturated carbocycles. The molecule has 2 rings (SSSR count). The Balaban J connectivity index is 2.12. The second kappa shape index (κ2) is 7.22. The van der Waals surface area contributed by atoms with Crippen LogP contribution < -0.4 is 0 Å². The number of pyridine rings is 1. The van der Waals surface area contributed by atoms with Crippen LogP contribution in [-0.2, 0) is 6.54 Å². The lowest BCUT2D eigenvalue weighted by atomic mass is 10.1. The predicted octanol–water partition coefficient (Wildman–Crippen LogP) is 1.70. The first-order valence-electron chi connectivity index (χ1n) is 6.55. The fraction of sp³-hybridized carbons (Fsp3) is 0.176. The molecule has 2 aromatic rings. The molecule has 0 fully saturated rings. The molecule has 0 saturated heterocycles.